The van der Waals surface area contributed by atoms with Crippen molar-refractivity contribution in [3.05, 3.63) is 53.4 Å². The summed E-state index contributed by atoms with van der Waals surface area (Å²) in [6.07, 6.45) is -0.0251. The van der Waals surface area contributed by atoms with Crippen molar-refractivity contribution in [3.63, 3.8) is 0 Å². The molecule has 1 aliphatic heterocycles. The molecule has 2 aromatic rings. The molecule has 25 heavy (non-hydrogen) atoms. The second-order valence-corrected chi connectivity index (χ2v) is 6.07. The SMILES string of the molecule is O=C(NCC1CCOC1)c1cc(C(O)COCc2ccccc2)on1. The maximum Gasteiger partial charge on any atom is 0.273 e. The molecule has 7 nitrogen and oxygen atoms in total. The van der Waals surface area contributed by atoms with E-state index in [1.54, 1.807) is 0 Å². The van der Waals surface area contributed by atoms with Gasteiger partial charge in [0.1, 0.15) is 6.10 Å². The summed E-state index contributed by atoms with van der Waals surface area (Å²) in [6.45, 7) is 2.41. The molecule has 3 rings (SSSR count). The molecule has 2 atom stereocenters. The normalized spacial score (nSPS) is 18.2. The summed E-state index contributed by atoms with van der Waals surface area (Å²) in [5.41, 5.74) is 1.17. The highest BCUT2D eigenvalue weighted by molar-refractivity contribution is 5.92. The van der Waals surface area contributed by atoms with Gasteiger partial charge in [0.05, 0.1) is 19.8 Å². The van der Waals surface area contributed by atoms with E-state index in [1.807, 2.05) is 30.3 Å². The fraction of sp³-hybridized carbons (Fsp3) is 0.444. The summed E-state index contributed by atoms with van der Waals surface area (Å²) in [7, 11) is 0. The minimum atomic E-state index is -0.971. The van der Waals surface area contributed by atoms with Gasteiger partial charge in [-0.05, 0) is 12.0 Å². The Morgan fingerprint density at radius 3 is 3.00 bits per heavy atom. The Labute approximate surface area is 145 Å². The molecule has 1 amide bonds. The van der Waals surface area contributed by atoms with Crippen LogP contribution in [-0.4, -0.2) is 42.5 Å². The number of aliphatic hydroxyl groups is 1. The third-order valence-electron chi connectivity index (χ3n) is 4.05. The van der Waals surface area contributed by atoms with E-state index in [1.165, 1.54) is 6.07 Å². The van der Waals surface area contributed by atoms with Crippen LogP contribution in [0.25, 0.3) is 0 Å². The first kappa shape index (κ1) is 17.6. The Hall–Kier alpha value is -2.22. The predicted molar refractivity (Wildman–Crippen MR) is 88.8 cm³/mol. The van der Waals surface area contributed by atoms with Gasteiger partial charge in [-0.15, -0.1) is 0 Å². The fourth-order valence-corrected chi connectivity index (χ4v) is 2.57. The molecule has 0 saturated carbocycles. The summed E-state index contributed by atoms with van der Waals surface area (Å²) < 4.78 is 15.8. The van der Waals surface area contributed by atoms with Gasteiger partial charge in [0.15, 0.2) is 11.5 Å². The summed E-state index contributed by atoms with van der Waals surface area (Å²) >= 11 is 0. The summed E-state index contributed by atoms with van der Waals surface area (Å²) in [4.78, 5) is 12.0. The molecule has 1 aromatic heterocycles. The van der Waals surface area contributed by atoms with E-state index in [0.29, 0.717) is 25.7 Å². The van der Waals surface area contributed by atoms with Crippen LogP contribution in [0, 0.1) is 5.92 Å². The molecular formula is C18H22N2O5. The fourth-order valence-electron chi connectivity index (χ4n) is 2.57. The number of rotatable bonds is 8. The van der Waals surface area contributed by atoms with Crippen LogP contribution in [0.15, 0.2) is 40.9 Å². The summed E-state index contributed by atoms with van der Waals surface area (Å²) in [6, 6.07) is 11.1. The van der Waals surface area contributed by atoms with Crippen LogP contribution in [-0.2, 0) is 16.1 Å². The molecule has 2 heterocycles. The largest absolute Gasteiger partial charge is 0.383 e. The molecule has 134 valence electrons. The topological polar surface area (TPSA) is 93.8 Å². The Morgan fingerprint density at radius 2 is 2.24 bits per heavy atom. The number of nitrogens with zero attached hydrogens (tertiary/aromatic N) is 1. The van der Waals surface area contributed by atoms with Gasteiger partial charge in [-0.25, -0.2) is 0 Å². The van der Waals surface area contributed by atoms with Crippen molar-refractivity contribution in [3.8, 4) is 0 Å². The molecule has 7 heteroatoms. The number of amides is 1. The first-order valence-electron chi connectivity index (χ1n) is 8.34. The zero-order chi connectivity index (χ0) is 17.5. The Balaban J connectivity index is 1.44. The summed E-state index contributed by atoms with van der Waals surface area (Å²) in [5, 5.41) is 16.6. The molecule has 1 fully saturated rings. The Bertz CT molecular complexity index is 667. The second kappa shape index (κ2) is 8.75. The van der Waals surface area contributed by atoms with Gasteiger partial charge < -0.3 is 24.4 Å². The van der Waals surface area contributed by atoms with Crippen molar-refractivity contribution in [2.45, 2.75) is 19.1 Å². The highest BCUT2D eigenvalue weighted by atomic mass is 16.5. The number of ether oxygens (including phenoxy) is 2. The molecule has 1 aliphatic rings. The highest BCUT2D eigenvalue weighted by Crippen LogP contribution is 2.16. The predicted octanol–water partition coefficient (Wildman–Crippen LogP) is 1.69. The van der Waals surface area contributed by atoms with Crippen molar-refractivity contribution in [1.29, 1.82) is 0 Å². The number of benzene rings is 1. The van der Waals surface area contributed by atoms with Crippen LogP contribution in [0.1, 0.15) is 34.3 Å². The highest BCUT2D eigenvalue weighted by Gasteiger charge is 2.20. The number of nitrogens with one attached hydrogen (secondary N) is 1. The van der Waals surface area contributed by atoms with E-state index >= 15 is 0 Å². The number of hydrogen-bond acceptors (Lipinski definition) is 6. The van der Waals surface area contributed by atoms with Crippen LogP contribution in [0.2, 0.25) is 0 Å². The van der Waals surface area contributed by atoms with E-state index in [0.717, 1.165) is 18.6 Å². The number of carbonyl (C=O) groups is 1. The van der Waals surface area contributed by atoms with Crippen LogP contribution < -0.4 is 5.32 Å². The minimum Gasteiger partial charge on any atom is -0.383 e. The van der Waals surface area contributed by atoms with E-state index in [2.05, 4.69) is 10.5 Å². The van der Waals surface area contributed by atoms with Crippen LogP contribution in [0.5, 0.6) is 0 Å². The van der Waals surface area contributed by atoms with Crippen molar-refractivity contribution in [1.82, 2.24) is 10.5 Å². The molecule has 2 N–H and O–H groups in total. The monoisotopic (exact) mass is 346 g/mol. The molecule has 0 bridgehead atoms. The Morgan fingerprint density at radius 1 is 1.40 bits per heavy atom. The van der Waals surface area contributed by atoms with Crippen molar-refractivity contribution < 1.29 is 23.9 Å². The number of aromatic nitrogens is 1. The van der Waals surface area contributed by atoms with E-state index in [-0.39, 0.29) is 24.0 Å². The molecule has 1 aromatic carbocycles. The lowest BCUT2D eigenvalue weighted by atomic mass is 10.1. The number of hydrogen-bond donors (Lipinski definition) is 2. The average molecular weight is 346 g/mol. The minimum absolute atomic E-state index is 0.0601. The van der Waals surface area contributed by atoms with Gasteiger partial charge in [-0.1, -0.05) is 35.5 Å². The molecule has 2 unspecified atom stereocenters. The van der Waals surface area contributed by atoms with Crippen LogP contribution in [0.3, 0.4) is 0 Å². The van der Waals surface area contributed by atoms with Gasteiger partial charge in [-0.2, -0.15) is 0 Å². The molecule has 0 radical (unpaired) electrons. The number of carbonyl (C=O) groups excluding carboxylic acids is 1. The zero-order valence-electron chi connectivity index (χ0n) is 13.9. The zero-order valence-corrected chi connectivity index (χ0v) is 13.9. The lowest BCUT2D eigenvalue weighted by Gasteiger charge is -2.08. The molecule has 0 spiro atoms. The third-order valence-corrected chi connectivity index (χ3v) is 4.05. The number of aliphatic hydroxyl groups excluding tert-OH is 1. The van der Waals surface area contributed by atoms with Crippen molar-refractivity contribution >= 4 is 5.91 Å². The lowest BCUT2D eigenvalue weighted by Crippen LogP contribution is -2.29. The van der Waals surface area contributed by atoms with Gasteiger partial charge in [-0.3, -0.25) is 4.79 Å². The smallest absolute Gasteiger partial charge is 0.273 e. The maximum atomic E-state index is 12.0. The standard InChI is InChI=1S/C18H22N2O5/c21-16(12-24-10-13-4-2-1-3-5-13)17-8-15(20-25-17)18(22)19-9-14-6-7-23-11-14/h1-5,8,14,16,21H,6-7,9-12H2,(H,19,22). The summed E-state index contributed by atoms with van der Waals surface area (Å²) in [5.74, 6) is 0.231. The first-order valence-corrected chi connectivity index (χ1v) is 8.34. The van der Waals surface area contributed by atoms with E-state index in [9.17, 15) is 9.90 Å². The van der Waals surface area contributed by atoms with Crippen LogP contribution >= 0.6 is 0 Å². The molecule has 1 saturated heterocycles. The van der Waals surface area contributed by atoms with Crippen molar-refractivity contribution in [2.75, 3.05) is 26.4 Å². The maximum absolute atomic E-state index is 12.0. The quantitative estimate of drug-likeness (QED) is 0.755. The van der Waals surface area contributed by atoms with Gasteiger partial charge >= 0.3 is 0 Å². The Kier molecular flexibility index (Phi) is 6.16. The van der Waals surface area contributed by atoms with Gasteiger partial charge in [0, 0.05) is 25.1 Å². The average Bonchev–Trinajstić information content (AvgIpc) is 3.32. The van der Waals surface area contributed by atoms with E-state index in [4.69, 9.17) is 14.0 Å². The molecular weight excluding hydrogens is 324 g/mol. The van der Waals surface area contributed by atoms with E-state index < -0.39 is 6.10 Å². The van der Waals surface area contributed by atoms with Gasteiger partial charge in [0.25, 0.3) is 5.91 Å². The van der Waals surface area contributed by atoms with Crippen molar-refractivity contribution in [2.24, 2.45) is 5.92 Å². The first-order chi connectivity index (χ1) is 12.2. The molecule has 0 aliphatic carbocycles. The van der Waals surface area contributed by atoms with Crippen LogP contribution in [0.4, 0.5) is 0 Å². The van der Waals surface area contributed by atoms with Gasteiger partial charge in [0.2, 0.25) is 0 Å². The lowest BCUT2D eigenvalue weighted by molar-refractivity contribution is 0.0145. The second-order valence-electron chi connectivity index (χ2n) is 6.07. The third kappa shape index (κ3) is 5.12.